The molecule has 0 aliphatic heterocycles. The zero-order valence-corrected chi connectivity index (χ0v) is 12.2. The smallest absolute Gasteiger partial charge is 0.119 e. The van der Waals surface area contributed by atoms with Crippen LogP contribution in [0, 0.1) is 0 Å². The van der Waals surface area contributed by atoms with E-state index in [4.69, 9.17) is 9.47 Å². The first-order valence-corrected chi connectivity index (χ1v) is 7.03. The summed E-state index contributed by atoms with van der Waals surface area (Å²) >= 11 is 0. The molecule has 0 atom stereocenters. The van der Waals surface area contributed by atoms with Gasteiger partial charge in [0.2, 0.25) is 0 Å². The highest BCUT2D eigenvalue weighted by Gasteiger charge is 1.96. The van der Waals surface area contributed by atoms with E-state index in [9.17, 15) is 5.11 Å². The highest BCUT2D eigenvalue weighted by Crippen LogP contribution is 2.16. The highest BCUT2D eigenvalue weighted by molar-refractivity contribution is 5.31. The fourth-order valence-electron chi connectivity index (χ4n) is 1.91. The molecule has 4 heteroatoms. The van der Waals surface area contributed by atoms with E-state index < -0.39 is 0 Å². The SMILES string of the molecule is COc1ccc(OCCCNCc2ccc(O)cc2)cc1. The summed E-state index contributed by atoms with van der Waals surface area (Å²) < 4.78 is 10.7. The monoisotopic (exact) mass is 287 g/mol. The predicted octanol–water partition coefficient (Wildman–Crippen LogP) is 2.96. The minimum atomic E-state index is 0.298. The zero-order chi connectivity index (χ0) is 14.9. The third-order valence-electron chi connectivity index (χ3n) is 3.09. The average molecular weight is 287 g/mol. The molecular formula is C17H21NO3. The van der Waals surface area contributed by atoms with Gasteiger partial charge in [-0.05, 0) is 54.9 Å². The molecule has 0 amide bonds. The average Bonchev–Trinajstić information content (AvgIpc) is 2.53. The Labute approximate surface area is 125 Å². The Morgan fingerprint density at radius 3 is 2.29 bits per heavy atom. The molecule has 0 aliphatic carbocycles. The molecule has 2 rings (SSSR count). The number of benzene rings is 2. The Morgan fingerprint density at radius 2 is 1.62 bits per heavy atom. The summed E-state index contributed by atoms with van der Waals surface area (Å²) in [5.74, 6) is 1.99. The molecule has 0 unspecified atom stereocenters. The van der Waals surface area contributed by atoms with Crippen LogP contribution in [0.2, 0.25) is 0 Å². The van der Waals surface area contributed by atoms with Gasteiger partial charge in [-0.2, -0.15) is 0 Å². The first-order valence-electron chi connectivity index (χ1n) is 7.03. The van der Waals surface area contributed by atoms with Gasteiger partial charge in [0.05, 0.1) is 13.7 Å². The maximum absolute atomic E-state index is 9.19. The summed E-state index contributed by atoms with van der Waals surface area (Å²) in [4.78, 5) is 0. The molecule has 0 fully saturated rings. The molecule has 0 spiro atoms. The lowest BCUT2D eigenvalue weighted by atomic mass is 10.2. The van der Waals surface area contributed by atoms with E-state index in [0.29, 0.717) is 12.4 Å². The van der Waals surface area contributed by atoms with Crippen molar-refractivity contribution in [2.45, 2.75) is 13.0 Å². The molecule has 0 aromatic heterocycles. The van der Waals surface area contributed by atoms with E-state index >= 15 is 0 Å². The number of aromatic hydroxyl groups is 1. The van der Waals surface area contributed by atoms with Crippen LogP contribution in [0.25, 0.3) is 0 Å². The second-order valence-electron chi connectivity index (χ2n) is 4.72. The predicted molar refractivity (Wildman–Crippen MR) is 82.9 cm³/mol. The molecular weight excluding hydrogens is 266 g/mol. The first kappa shape index (κ1) is 15.2. The molecule has 0 heterocycles. The van der Waals surface area contributed by atoms with Crippen LogP contribution in [0.3, 0.4) is 0 Å². The van der Waals surface area contributed by atoms with Crippen molar-refractivity contribution in [1.29, 1.82) is 0 Å². The van der Waals surface area contributed by atoms with Crippen molar-refractivity contribution in [2.75, 3.05) is 20.3 Å². The van der Waals surface area contributed by atoms with E-state index in [0.717, 1.165) is 36.6 Å². The fraction of sp³-hybridized carbons (Fsp3) is 0.294. The fourth-order valence-corrected chi connectivity index (χ4v) is 1.91. The van der Waals surface area contributed by atoms with Gasteiger partial charge in [0.1, 0.15) is 17.2 Å². The second-order valence-corrected chi connectivity index (χ2v) is 4.72. The van der Waals surface area contributed by atoms with Crippen LogP contribution in [-0.4, -0.2) is 25.4 Å². The minimum Gasteiger partial charge on any atom is -0.508 e. The molecule has 112 valence electrons. The molecule has 0 saturated carbocycles. The number of methoxy groups -OCH3 is 1. The van der Waals surface area contributed by atoms with Gasteiger partial charge in [0, 0.05) is 6.54 Å². The van der Waals surface area contributed by atoms with Gasteiger partial charge in [0.15, 0.2) is 0 Å². The summed E-state index contributed by atoms with van der Waals surface area (Å²) in [5.41, 5.74) is 1.16. The van der Waals surface area contributed by atoms with Gasteiger partial charge in [0.25, 0.3) is 0 Å². The van der Waals surface area contributed by atoms with Gasteiger partial charge >= 0.3 is 0 Å². The van der Waals surface area contributed by atoms with Crippen LogP contribution in [-0.2, 0) is 6.54 Å². The minimum absolute atomic E-state index is 0.298. The summed E-state index contributed by atoms with van der Waals surface area (Å²) in [6.45, 7) is 2.36. The van der Waals surface area contributed by atoms with Crippen LogP contribution in [0.15, 0.2) is 48.5 Å². The van der Waals surface area contributed by atoms with Gasteiger partial charge < -0.3 is 19.9 Å². The Bertz CT molecular complexity index is 523. The van der Waals surface area contributed by atoms with E-state index in [1.807, 2.05) is 36.4 Å². The van der Waals surface area contributed by atoms with Crippen molar-refractivity contribution in [3.05, 3.63) is 54.1 Å². The maximum Gasteiger partial charge on any atom is 0.119 e. The molecule has 2 aromatic carbocycles. The molecule has 2 aromatic rings. The van der Waals surface area contributed by atoms with Crippen LogP contribution >= 0.6 is 0 Å². The van der Waals surface area contributed by atoms with Crippen molar-refractivity contribution in [2.24, 2.45) is 0 Å². The standard InChI is InChI=1S/C17H21NO3/c1-20-16-7-9-17(10-8-16)21-12-2-11-18-13-14-3-5-15(19)6-4-14/h3-10,18-19H,2,11-13H2,1H3. The zero-order valence-electron chi connectivity index (χ0n) is 12.2. The number of hydrogen-bond acceptors (Lipinski definition) is 4. The van der Waals surface area contributed by atoms with E-state index in [1.165, 1.54) is 0 Å². The van der Waals surface area contributed by atoms with Crippen molar-refractivity contribution in [3.63, 3.8) is 0 Å². The Morgan fingerprint density at radius 1 is 0.952 bits per heavy atom. The van der Waals surface area contributed by atoms with Crippen molar-refractivity contribution < 1.29 is 14.6 Å². The third-order valence-corrected chi connectivity index (χ3v) is 3.09. The largest absolute Gasteiger partial charge is 0.508 e. The molecule has 4 nitrogen and oxygen atoms in total. The summed E-state index contributed by atoms with van der Waals surface area (Å²) in [7, 11) is 1.65. The van der Waals surface area contributed by atoms with Gasteiger partial charge in [-0.1, -0.05) is 12.1 Å². The number of phenols is 1. The third kappa shape index (κ3) is 5.36. The quantitative estimate of drug-likeness (QED) is 0.733. The van der Waals surface area contributed by atoms with E-state index in [1.54, 1.807) is 19.2 Å². The van der Waals surface area contributed by atoms with Crippen molar-refractivity contribution in [1.82, 2.24) is 5.32 Å². The molecule has 2 N–H and O–H groups in total. The van der Waals surface area contributed by atoms with Crippen molar-refractivity contribution in [3.8, 4) is 17.2 Å². The topological polar surface area (TPSA) is 50.7 Å². The second kappa shape index (κ2) is 8.17. The number of hydrogen-bond donors (Lipinski definition) is 2. The lowest BCUT2D eigenvalue weighted by molar-refractivity contribution is 0.307. The lowest BCUT2D eigenvalue weighted by Crippen LogP contribution is -2.16. The van der Waals surface area contributed by atoms with Crippen LogP contribution in [0.1, 0.15) is 12.0 Å². The Balaban J connectivity index is 1.58. The van der Waals surface area contributed by atoms with Gasteiger partial charge in [-0.15, -0.1) is 0 Å². The normalized spacial score (nSPS) is 10.3. The molecule has 21 heavy (non-hydrogen) atoms. The maximum atomic E-state index is 9.19. The number of phenolic OH excluding ortho intramolecular Hbond substituents is 1. The Kier molecular flexibility index (Phi) is 5.91. The summed E-state index contributed by atoms with van der Waals surface area (Å²) in [6.07, 6.45) is 0.935. The summed E-state index contributed by atoms with van der Waals surface area (Å²) in [6, 6.07) is 14.8. The number of rotatable bonds is 8. The number of nitrogens with one attached hydrogen (secondary N) is 1. The molecule has 0 radical (unpaired) electrons. The van der Waals surface area contributed by atoms with Crippen LogP contribution in [0.4, 0.5) is 0 Å². The van der Waals surface area contributed by atoms with Gasteiger partial charge in [-0.25, -0.2) is 0 Å². The van der Waals surface area contributed by atoms with E-state index in [2.05, 4.69) is 5.32 Å². The van der Waals surface area contributed by atoms with Gasteiger partial charge in [-0.3, -0.25) is 0 Å². The molecule has 0 saturated heterocycles. The van der Waals surface area contributed by atoms with Crippen molar-refractivity contribution >= 4 is 0 Å². The van der Waals surface area contributed by atoms with Crippen LogP contribution in [0.5, 0.6) is 17.2 Å². The molecule has 0 bridgehead atoms. The first-order chi connectivity index (χ1) is 10.3. The number of ether oxygens (including phenoxy) is 2. The highest BCUT2D eigenvalue weighted by atomic mass is 16.5. The summed E-state index contributed by atoms with van der Waals surface area (Å²) in [5, 5.41) is 12.5. The lowest BCUT2D eigenvalue weighted by Gasteiger charge is -2.08. The van der Waals surface area contributed by atoms with E-state index in [-0.39, 0.29) is 0 Å². The van der Waals surface area contributed by atoms with Crippen LogP contribution < -0.4 is 14.8 Å². The molecule has 0 aliphatic rings. The Hall–Kier alpha value is -2.20.